The van der Waals surface area contributed by atoms with Gasteiger partial charge in [0.2, 0.25) is 0 Å². The first kappa shape index (κ1) is 27.4. The van der Waals surface area contributed by atoms with E-state index in [2.05, 4.69) is 32.7 Å². The molecule has 5 heteroatoms. The molecule has 0 spiro atoms. The lowest BCUT2D eigenvalue weighted by Crippen LogP contribution is -2.32. The van der Waals surface area contributed by atoms with E-state index in [0.29, 0.717) is 16.9 Å². The van der Waals surface area contributed by atoms with Crippen LogP contribution >= 0.6 is 0 Å². The molecule has 0 bridgehead atoms. The Hall–Kier alpha value is -2.63. The van der Waals surface area contributed by atoms with Gasteiger partial charge in [-0.2, -0.15) is 0 Å². The second-order valence-corrected chi connectivity index (χ2v) is 8.18. The van der Waals surface area contributed by atoms with Gasteiger partial charge in [-0.1, -0.05) is 58.7 Å². The summed E-state index contributed by atoms with van der Waals surface area (Å²) in [7, 11) is 0. The minimum Gasteiger partial charge on any atom is -0.398 e. The Labute approximate surface area is 194 Å². The number of rotatable bonds is 11. The summed E-state index contributed by atoms with van der Waals surface area (Å²) < 4.78 is 0. The second-order valence-electron chi connectivity index (χ2n) is 8.18. The number of amides is 1. The Morgan fingerprint density at radius 2 is 1.66 bits per heavy atom. The van der Waals surface area contributed by atoms with Crippen LogP contribution in [-0.4, -0.2) is 24.0 Å². The molecule has 0 fully saturated rings. The zero-order chi connectivity index (χ0) is 23.9. The third kappa shape index (κ3) is 10.1. The number of nitrogens with one attached hydrogen (secondary N) is 1. The van der Waals surface area contributed by atoms with Crippen molar-refractivity contribution in [2.45, 2.75) is 66.2 Å². The van der Waals surface area contributed by atoms with Crippen LogP contribution in [0, 0.1) is 0 Å². The Morgan fingerprint density at radius 3 is 2.22 bits per heavy atom. The largest absolute Gasteiger partial charge is 0.398 e. The summed E-state index contributed by atoms with van der Waals surface area (Å²) in [4.78, 5) is 12.2. The van der Waals surface area contributed by atoms with Crippen LogP contribution in [0.1, 0.15) is 81.3 Å². The van der Waals surface area contributed by atoms with Gasteiger partial charge in [0.25, 0.3) is 5.91 Å². The highest BCUT2D eigenvalue weighted by atomic mass is 16.1. The molecule has 2 aromatic rings. The van der Waals surface area contributed by atoms with Crippen molar-refractivity contribution in [3.8, 4) is 0 Å². The lowest BCUT2D eigenvalue weighted by molar-refractivity contribution is 0.102. The summed E-state index contributed by atoms with van der Waals surface area (Å²) in [5, 5.41) is 4.81. The van der Waals surface area contributed by atoms with Gasteiger partial charge in [0, 0.05) is 35.6 Å². The molecule has 2 rings (SSSR count). The van der Waals surface area contributed by atoms with Crippen molar-refractivity contribution in [2.75, 3.05) is 24.1 Å². The first-order valence-electron chi connectivity index (χ1n) is 11.8. The number of nitrogens with zero attached hydrogens (tertiary/aromatic N) is 1. The molecule has 0 aliphatic rings. The van der Waals surface area contributed by atoms with Crippen LogP contribution in [0.4, 0.5) is 11.4 Å². The van der Waals surface area contributed by atoms with Gasteiger partial charge in [0.15, 0.2) is 0 Å². The number of hydrogen-bond acceptors (Lipinski definition) is 4. The van der Waals surface area contributed by atoms with Crippen LogP contribution < -0.4 is 16.9 Å². The number of hydrazine groups is 1. The van der Waals surface area contributed by atoms with Crippen LogP contribution in [0.25, 0.3) is 5.57 Å². The summed E-state index contributed by atoms with van der Waals surface area (Å²) in [5.41, 5.74) is 10.8. The molecule has 0 radical (unpaired) electrons. The molecule has 176 valence electrons. The monoisotopic (exact) mass is 438 g/mol. The van der Waals surface area contributed by atoms with E-state index < -0.39 is 0 Å². The number of unbranched alkanes of at least 4 members (excludes halogenated alkanes) is 3. The maximum absolute atomic E-state index is 12.2. The smallest absolute Gasteiger partial charge is 0.255 e. The van der Waals surface area contributed by atoms with Gasteiger partial charge in [-0.05, 0) is 67.7 Å². The SMILES string of the molecule is C=C(C)c1cc(NC(=O)c2ccc(CC)cc2)ccc1N.CCCCCCN(N)CCC. The molecule has 0 aliphatic carbocycles. The highest BCUT2D eigenvalue weighted by molar-refractivity contribution is 6.04. The Bertz CT molecular complexity index is 830. The molecule has 0 aromatic heterocycles. The summed E-state index contributed by atoms with van der Waals surface area (Å²) in [6, 6.07) is 13.0. The number of allylic oxidation sites excluding steroid dienone is 1. The quantitative estimate of drug-likeness (QED) is 0.167. The van der Waals surface area contributed by atoms with E-state index in [0.717, 1.165) is 37.1 Å². The first-order valence-corrected chi connectivity index (χ1v) is 11.8. The number of benzene rings is 2. The molecule has 0 saturated heterocycles. The van der Waals surface area contributed by atoms with Gasteiger partial charge >= 0.3 is 0 Å². The zero-order valence-corrected chi connectivity index (χ0v) is 20.4. The number of hydrogen-bond donors (Lipinski definition) is 3. The maximum atomic E-state index is 12.2. The molecule has 0 saturated carbocycles. The number of nitrogen functional groups attached to an aromatic ring is 1. The zero-order valence-electron chi connectivity index (χ0n) is 20.4. The second kappa shape index (κ2) is 15.2. The minimum absolute atomic E-state index is 0.130. The van der Waals surface area contributed by atoms with Crippen LogP contribution in [-0.2, 0) is 6.42 Å². The fourth-order valence-electron chi connectivity index (χ4n) is 3.24. The van der Waals surface area contributed by atoms with Gasteiger partial charge in [-0.15, -0.1) is 0 Å². The lowest BCUT2D eigenvalue weighted by atomic mass is 10.1. The van der Waals surface area contributed by atoms with E-state index in [1.807, 2.05) is 42.3 Å². The van der Waals surface area contributed by atoms with Crippen LogP contribution in [0.15, 0.2) is 49.0 Å². The predicted octanol–water partition coefficient (Wildman–Crippen LogP) is 6.27. The van der Waals surface area contributed by atoms with Gasteiger partial charge in [-0.3, -0.25) is 10.6 Å². The number of nitrogens with two attached hydrogens (primary N) is 2. The Morgan fingerprint density at radius 1 is 0.969 bits per heavy atom. The molecular formula is C27H42N4O. The number of anilines is 2. The van der Waals surface area contributed by atoms with Crippen molar-refractivity contribution < 1.29 is 4.79 Å². The number of carbonyl (C=O) groups is 1. The van der Waals surface area contributed by atoms with E-state index in [4.69, 9.17) is 11.6 Å². The van der Waals surface area contributed by atoms with Crippen molar-refractivity contribution in [1.82, 2.24) is 5.01 Å². The van der Waals surface area contributed by atoms with E-state index in [9.17, 15) is 4.79 Å². The molecule has 5 N–H and O–H groups in total. The molecule has 0 unspecified atom stereocenters. The Balaban J connectivity index is 0.000000396. The van der Waals surface area contributed by atoms with Crippen molar-refractivity contribution in [3.63, 3.8) is 0 Å². The average Bonchev–Trinajstić information content (AvgIpc) is 2.78. The van der Waals surface area contributed by atoms with E-state index >= 15 is 0 Å². The summed E-state index contributed by atoms with van der Waals surface area (Å²) in [6.07, 6.45) is 7.35. The number of aryl methyl sites for hydroxylation is 1. The van der Waals surface area contributed by atoms with Gasteiger partial charge < -0.3 is 11.1 Å². The molecule has 32 heavy (non-hydrogen) atoms. The van der Waals surface area contributed by atoms with E-state index in [-0.39, 0.29) is 5.91 Å². The van der Waals surface area contributed by atoms with Gasteiger partial charge in [0.1, 0.15) is 0 Å². The predicted molar refractivity (Wildman–Crippen MR) is 140 cm³/mol. The van der Waals surface area contributed by atoms with E-state index in [1.54, 1.807) is 12.1 Å². The molecule has 1 amide bonds. The maximum Gasteiger partial charge on any atom is 0.255 e. The molecular weight excluding hydrogens is 396 g/mol. The average molecular weight is 439 g/mol. The fourth-order valence-corrected chi connectivity index (χ4v) is 3.24. The summed E-state index contributed by atoms with van der Waals surface area (Å²) in [6.45, 7) is 14.4. The van der Waals surface area contributed by atoms with Gasteiger partial charge in [0.05, 0.1) is 0 Å². The molecule has 0 atom stereocenters. The topological polar surface area (TPSA) is 84.4 Å². The van der Waals surface area contributed by atoms with E-state index in [1.165, 1.54) is 31.2 Å². The lowest BCUT2D eigenvalue weighted by Gasteiger charge is -2.14. The molecule has 0 aliphatic heterocycles. The van der Waals surface area contributed by atoms with Crippen molar-refractivity contribution >= 4 is 22.9 Å². The molecule has 2 aromatic carbocycles. The standard InChI is InChI=1S/C18H20N2O.C9H22N2/c1-4-13-5-7-14(8-6-13)18(21)20-15-9-10-17(19)16(11-15)12(2)3;1-3-5-6-7-9-11(10)8-4-2/h5-11H,2,4,19H2,1,3H3,(H,20,21);3-10H2,1-2H3. The van der Waals surface area contributed by atoms with Crippen LogP contribution in [0.3, 0.4) is 0 Å². The molecule has 5 nitrogen and oxygen atoms in total. The normalized spacial score (nSPS) is 10.4. The highest BCUT2D eigenvalue weighted by Gasteiger charge is 2.08. The summed E-state index contributed by atoms with van der Waals surface area (Å²) >= 11 is 0. The third-order valence-corrected chi connectivity index (χ3v) is 5.21. The van der Waals surface area contributed by atoms with Crippen molar-refractivity contribution in [1.29, 1.82) is 0 Å². The van der Waals surface area contributed by atoms with Gasteiger partial charge in [-0.25, -0.2) is 5.01 Å². The Kier molecular flexibility index (Phi) is 13.0. The fraction of sp³-hybridized carbons (Fsp3) is 0.444. The number of carbonyl (C=O) groups excluding carboxylic acids is 1. The summed E-state index contributed by atoms with van der Waals surface area (Å²) in [5.74, 6) is 5.57. The minimum atomic E-state index is -0.130. The first-order chi connectivity index (χ1) is 15.3. The van der Waals surface area contributed by atoms with Crippen LogP contribution in [0.5, 0.6) is 0 Å². The van der Waals surface area contributed by atoms with Crippen molar-refractivity contribution in [3.05, 3.63) is 65.7 Å². The molecule has 0 heterocycles. The highest BCUT2D eigenvalue weighted by Crippen LogP contribution is 2.24. The third-order valence-electron chi connectivity index (χ3n) is 5.21. The van der Waals surface area contributed by atoms with Crippen LogP contribution in [0.2, 0.25) is 0 Å². The van der Waals surface area contributed by atoms with Crippen molar-refractivity contribution in [2.24, 2.45) is 5.84 Å².